The van der Waals surface area contributed by atoms with E-state index in [0.29, 0.717) is 11.4 Å². The molecule has 9 heteroatoms. The fraction of sp³-hybridized carbons (Fsp3) is 0.136. The van der Waals surface area contributed by atoms with Crippen LogP contribution in [-0.4, -0.2) is 36.2 Å². The van der Waals surface area contributed by atoms with Gasteiger partial charge in [-0.3, -0.25) is 4.79 Å². The molecule has 0 aliphatic rings. The number of rotatable bonds is 10. The van der Waals surface area contributed by atoms with Crippen molar-refractivity contribution in [2.45, 2.75) is 0 Å². The zero-order chi connectivity index (χ0) is 24.7. The van der Waals surface area contributed by atoms with Crippen LogP contribution in [0.15, 0.2) is 67.4 Å². The number of ether oxygens (including phenoxy) is 2. The van der Waals surface area contributed by atoms with E-state index in [2.05, 4.69) is 37.2 Å². The molecule has 0 aliphatic heterocycles. The summed E-state index contributed by atoms with van der Waals surface area (Å²) in [6, 6.07) is 11.2. The van der Waals surface area contributed by atoms with Crippen LogP contribution in [0.4, 0.5) is 33.2 Å². The maximum absolute atomic E-state index is 14.3. The van der Waals surface area contributed by atoms with Gasteiger partial charge in [-0.1, -0.05) is 12.6 Å². The smallest absolute Gasteiger partial charge is 0.247 e. The normalized spacial score (nSPS) is 12.1. The molecule has 3 aromatic rings. The van der Waals surface area contributed by atoms with E-state index < -0.39 is 18.3 Å². The van der Waals surface area contributed by atoms with Crippen LogP contribution in [0, 0.1) is 5.82 Å². The van der Waals surface area contributed by atoms with Crippen molar-refractivity contribution in [1.82, 2.24) is 9.97 Å². The molecule has 0 saturated heterocycles. The maximum Gasteiger partial charge on any atom is 0.247 e. The van der Waals surface area contributed by atoms with Crippen LogP contribution in [0.1, 0.15) is 4.11 Å². The van der Waals surface area contributed by atoms with Crippen LogP contribution in [0.2, 0.25) is 0 Å². The molecule has 0 atom stereocenters. The number of methoxy groups -OCH3 is 1. The Bertz CT molecular complexity index is 1180. The van der Waals surface area contributed by atoms with Gasteiger partial charge in [-0.25, -0.2) is 9.37 Å². The molecule has 0 spiro atoms. The van der Waals surface area contributed by atoms with Crippen molar-refractivity contribution < 1.29 is 22.8 Å². The third-order valence-corrected chi connectivity index (χ3v) is 3.79. The zero-order valence-electron chi connectivity index (χ0n) is 19.6. The zero-order valence-corrected chi connectivity index (χ0v) is 16.6. The highest BCUT2D eigenvalue weighted by Crippen LogP contribution is 2.23. The van der Waals surface area contributed by atoms with Gasteiger partial charge in [0.1, 0.15) is 12.4 Å². The quantitative estimate of drug-likeness (QED) is 0.417. The highest BCUT2D eigenvalue weighted by Gasteiger charge is 2.09. The van der Waals surface area contributed by atoms with Crippen molar-refractivity contribution in [3.05, 3.63) is 73.2 Å². The van der Waals surface area contributed by atoms with Gasteiger partial charge in [0.2, 0.25) is 11.9 Å². The summed E-state index contributed by atoms with van der Waals surface area (Å²) in [6.07, 6.45) is 2.06. The van der Waals surface area contributed by atoms with E-state index >= 15 is 0 Å². The minimum Gasteiger partial charge on any atom is -0.491 e. The standard InChI is InChI=1S/C22H22FN5O3/c1-3-20(29)25-16-5-4-6-17(13-16)26-21-19(23)14-24-22(28-21)27-15-7-9-18(10-8-15)31-12-11-30-2/h3-10,13-14H,1,11-12H2,2H3,(H,25,29)(H2,24,26,27,28)/i11D2,13D. The summed E-state index contributed by atoms with van der Waals surface area (Å²) in [5.41, 5.74) is 1.03. The molecule has 0 bridgehead atoms. The lowest BCUT2D eigenvalue weighted by Crippen LogP contribution is -2.07. The van der Waals surface area contributed by atoms with E-state index in [1.807, 2.05) is 0 Å². The second-order valence-electron chi connectivity index (χ2n) is 5.97. The van der Waals surface area contributed by atoms with Gasteiger partial charge in [-0.05, 0) is 48.5 Å². The lowest BCUT2D eigenvalue weighted by Gasteiger charge is -2.11. The van der Waals surface area contributed by atoms with E-state index in [1.165, 1.54) is 13.2 Å². The largest absolute Gasteiger partial charge is 0.491 e. The SMILES string of the molecule is [2H]c1c(NC(=O)C=C)cccc1Nc1nc(Nc2ccc(OCC([2H])([2H])OC)cc2)ncc1F. The molecule has 3 N–H and O–H groups in total. The number of carbonyl (C=O) groups excluding carboxylic acids is 1. The number of amides is 1. The second kappa shape index (κ2) is 10.7. The van der Waals surface area contributed by atoms with Crippen molar-refractivity contribution in [1.29, 1.82) is 0 Å². The molecule has 0 aliphatic carbocycles. The fourth-order valence-corrected chi connectivity index (χ4v) is 2.38. The van der Waals surface area contributed by atoms with Crippen LogP contribution in [0.3, 0.4) is 0 Å². The van der Waals surface area contributed by atoms with Crippen molar-refractivity contribution in [3.8, 4) is 5.75 Å². The molecule has 3 rings (SSSR count). The van der Waals surface area contributed by atoms with Gasteiger partial charge >= 0.3 is 0 Å². The van der Waals surface area contributed by atoms with Crippen molar-refractivity contribution in [2.24, 2.45) is 0 Å². The predicted octanol–water partition coefficient (Wildman–Crippen LogP) is 4.25. The van der Waals surface area contributed by atoms with Gasteiger partial charge < -0.3 is 25.4 Å². The third kappa shape index (κ3) is 6.51. The molecule has 0 fully saturated rings. The van der Waals surface area contributed by atoms with Crippen LogP contribution < -0.4 is 20.7 Å². The van der Waals surface area contributed by atoms with Gasteiger partial charge in [0.25, 0.3) is 0 Å². The molecule has 31 heavy (non-hydrogen) atoms. The molecular formula is C22H22FN5O3. The summed E-state index contributed by atoms with van der Waals surface area (Å²) in [7, 11) is 1.25. The molecule has 1 amide bonds. The Morgan fingerprint density at radius 3 is 2.74 bits per heavy atom. The molecule has 1 aromatic heterocycles. The number of hydrogen-bond donors (Lipinski definition) is 3. The van der Waals surface area contributed by atoms with Crippen molar-refractivity contribution in [2.75, 3.05) is 36.2 Å². The van der Waals surface area contributed by atoms with Gasteiger partial charge in [0, 0.05) is 24.2 Å². The third-order valence-electron chi connectivity index (χ3n) is 3.79. The highest BCUT2D eigenvalue weighted by molar-refractivity contribution is 5.99. The number of hydrogen-bond acceptors (Lipinski definition) is 7. The molecule has 8 nitrogen and oxygen atoms in total. The first kappa shape index (κ1) is 17.8. The average molecular weight is 426 g/mol. The highest BCUT2D eigenvalue weighted by atomic mass is 19.1. The van der Waals surface area contributed by atoms with E-state index in [-0.39, 0.29) is 35.8 Å². The predicted molar refractivity (Wildman–Crippen MR) is 118 cm³/mol. The Morgan fingerprint density at radius 2 is 2.00 bits per heavy atom. The molecule has 0 radical (unpaired) electrons. The topological polar surface area (TPSA) is 97.4 Å². The Labute approximate surface area is 183 Å². The van der Waals surface area contributed by atoms with Gasteiger partial charge in [0.05, 0.1) is 16.9 Å². The molecule has 2 aromatic carbocycles. The van der Waals surface area contributed by atoms with Crippen molar-refractivity contribution in [3.63, 3.8) is 0 Å². The van der Waals surface area contributed by atoms with E-state index in [4.69, 9.17) is 8.85 Å². The minimum atomic E-state index is -1.90. The Balaban J connectivity index is 1.72. The number of anilines is 5. The van der Waals surface area contributed by atoms with Crippen LogP contribution >= 0.6 is 0 Å². The minimum absolute atomic E-state index is 0.0568. The summed E-state index contributed by atoms with van der Waals surface area (Å²) >= 11 is 0. The summed E-state index contributed by atoms with van der Waals surface area (Å²) in [4.78, 5) is 19.6. The fourth-order valence-electron chi connectivity index (χ4n) is 2.38. The number of aromatic nitrogens is 2. The number of halogens is 1. The summed E-state index contributed by atoms with van der Waals surface area (Å²) in [5, 5.41) is 8.18. The van der Waals surface area contributed by atoms with Crippen molar-refractivity contribution >= 4 is 34.7 Å². The van der Waals surface area contributed by atoms with Crippen LogP contribution in [0.25, 0.3) is 0 Å². The Hall–Kier alpha value is -3.98. The van der Waals surface area contributed by atoms with Gasteiger partial charge in [-0.2, -0.15) is 4.98 Å². The molecule has 1 heterocycles. The summed E-state index contributed by atoms with van der Waals surface area (Å²) in [6.45, 7) is 1.19. The molecular weight excluding hydrogens is 401 g/mol. The van der Waals surface area contributed by atoms with Gasteiger partial charge in [-0.15, -0.1) is 0 Å². The second-order valence-corrected chi connectivity index (χ2v) is 5.97. The van der Waals surface area contributed by atoms with Crippen LogP contribution in [-0.2, 0) is 9.53 Å². The van der Waals surface area contributed by atoms with Gasteiger partial charge in [0.15, 0.2) is 11.6 Å². The monoisotopic (exact) mass is 426 g/mol. The Morgan fingerprint density at radius 1 is 1.23 bits per heavy atom. The summed E-state index contributed by atoms with van der Waals surface area (Å²) < 4.78 is 47.6. The number of benzene rings is 2. The van der Waals surface area contributed by atoms with E-state index in [0.717, 1.165) is 12.3 Å². The Kier molecular flexibility index (Phi) is 6.16. The lowest BCUT2D eigenvalue weighted by atomic mass is 10.2. The number of nitrogens with one attached hydrogen (secondary N) is 3. The molecule has 160 valence electrons. The van der Waals surface area contributed by atoms with Crippen LogP contribution in [0.5, 0.6) is 5.75 Å². The summed E-state index contributed by atoms with van der Waals surface area (Å²) in [5.74, 6) is -0.850. The molecule has 0 saturated carbocycles. The average Bonchev–Trinajstić information content (AvgIpc) is 2.83. The van der Waals surface area contributed by atoms with E-state index in [9.17, 15) is 9.18 Å². The van der Waals surface area contributed by atoms with E-state index in [1.54, 1.807) is 36.4 Å². The first-order valence-corrected chi connectivity index (χ1v) is 9.08. The number of nitrogens with zero attached hydrogens (tertiary/aromatic N) is 2. The molecule has 0 unspecified atom stereocenters. The maximum atomic E-state index is 14.3. The first-order chi connectivity index (χ1) is 16.2. The first-order valence-electron chi connectivity index (χ1n) is 10.6. The number of carbonyl (C=O) groups is 1. The lowest BCUT2D eigenvalue weighted by molar-refractivity contribution is -0.111.